The van der Waals surface area contributed by atoms with Gasteiger partial charge in [0.05, 0.1) is 15.1 Å². The Kier molecular flexibility index (Phi) is 6.99. The summed E-state index contributed by atoms with van der Waals surface area (Å²) in [6, 6.07) is 12.1. The lowest BCUT2D eigenvalue weighted by atomic mass is 10.2. The highest BCUT2D eigenvalue weighted by Gasteiger charge is 2.20. The molecule has 1 fully saturated rings. The highest BCUT2D eigenvalue weighted by atomic mass is 35.5. The van der Waals surface area contributed by atoms with Crippen molar-refractivity contribution in [3.63, 3.8) is 0 Å². The van der Waals surface area contributed by atoms with Gasteiger partial charge in [-0.15, -0.1) is 0 Å². The number of piperazine rings is 1. The van der Waals surface area contributed by atoms with E-state index in [1.165, 1.54) is 23.5 Å². The highest BCUT2D eigenvalue weighted by molar-refractivity contribution is 7.22. The number of nitrogens with zero attached hydrogens (tertiary/aromatic N) is 4. The van der Waals surface area contributed by atoms with Crippen molar-refractivity contribution in [2.45, 2.75) is 0 Å². The third-order valence-electron chi connectivity index (χ3n) is 5.26. The van der Waals surface area contributed by atoms with Gasteiger partial charge in [-0.05, 0) is 23.8 Å². The summed E-state index contributed by atoms with van der Waals surface area (Å²) in [7, 11) is 0. The number of fused-ring (bicyclic) bond motifs is 1. The molecule has 10 heteroatoms. The predicted octanol–water partition coefficient (Wildman–Crippen LogP) is 3.81. The Morgan fingerprint density at radius 1 is 1.22 bits per heavy atom. The average molecular weight is 472 g/mol. The summed E-state index contributed by atoms with van der Waals surface area (Å²) < 4.78 is 0.823. The first-order chi connectivity index (χ1) is 15.5. The molecule has 3 aromatic rings. The molecule has 1 amide bonds. The van der Waals surface area contributed by atoms with Gasteiger partial charge in [0.2, 0.25) is 5.91 Å². The number of rotatable bonds is 7. The van der Waals surface area contributed by atoms with Crippen molar-refractivity contribution in [3.05, 3.63) is 69.2 Å². The Hall–Kier alpha value is -3.01. The Morgan fingerprint density at radius 3 is 2.75 bits per heavy atom. The highest BCUT2D eigenvalue weighted by Crippen LogP contribution is 2.31. The number of benzene rings is 2. The molecule has 0 radical (unpaired) electrons. The maximum Gasteiger partial charge on any atom is 0.270 e. The van der Waals surface area contributed by atoms with E-state index in [0.29, 0.717) is 11.6 Å². The quantitative estimate of drug-likeness (QED) is 0.320. The van der Waals surface area contributed by atoms with Gasteiger partial charge in [0, 0.05) is 62.5 Å². The summed E-state index contributed by atoms with van der Waals surface area (Å²) in [5.41, 5.74) is 1.68. The molecular formula is C22H22ClN5O3S. The van der Waals surface area contributed by atoms with Gasteiger partial charge >= 0.3 is 0 Å². The molecule has 8 nitrogen and oxygen atoms in total. The minimum Gasteiger partial charge on any atom is -0.351 e. The summed E-state index contributed by atoms with van der Waals surface area (Å²) in [6.45, 7) is 4.70. The van der Waals surface area contributed by atoms with Crippen molar-refractivity contribution in [3.8, 4) is 0 Å². The Bertz CT molecular complexity index is 1160. The van der Waals surface area contributed by atoms with Gasteiger partial charge in [0.1, 0.15) is 0 Å². The molecule has 1 saturated heterocycles. The zero-order chi connectivity index (χ0) is 22.5. The third kappa shape index (κ3) is 5.42. The number of nitrogens with one attached hydrogen (secondary N) is 1. The van der Waals surface area contributed by atoms with E-state index in [4.69, 9.17) is 11.6 Å². The van der Waals surface area contributed by atoms with Crippen LogP contribution >= 0.6 is 22.9 Å². The van der Waals surface area contributed by atoms with E-state index in [0.717, 1.165) is 53.6 Å². The molecule has 2 aromatic carbocycles. The van der Waals surface area contributed by atoms with Gasteiger partial charge in [-0.2, -0.15) is 0 Å². The van der Waals surface area contributed by atoms with E-state index >= 15 is 0 Å². The number of nitro groups is 1. The van der Waals surface area contributed by atoms with E-state index in [1.54, 1.807) is 24.3 Å². The van der Waals surface area contributed by atoms with Gasteiger partial charge in [0.25, 0.3) is 5.69 Å². The number of nitro benzene ring substituents is 1. The summed E-state index contributed by atoms with van der Waals surface area (Å²) >= 11 is 7.57. The number of anilines is 1. The first-order valence-corrected chi connectivity index (χ1v) is 11.4. The second kappa shape index (κ2) is 10.1. The molecule has 166 valence electrons. The lowest BCUT2D eigenvalue weighted by Crippen LogP contribution is -2.48. The fourth-order valence-electron chi connectivity index (χ4n) is 3.48. The zero-order valence-electron chi connectivity index (χ0n) is 17.2. The second-order valence-electron chi connectivity index (χ2n) is 7.38. The molecule has 4 rings (SSSR count). The molecular weight excluding hydrogens is 450 g/mol. The standard InChI is InChI=1S/C22H22ClN5O3S/c23-18-4-2-1-3-16(18)5-8-21(29)24-9-10-26-11-13-27(14-12-26)22-25-19-7-6-17(28(30)31)15-20(19)32-22/h1-8,15H,9-14H2,(H,24,29)/b8-5+. The minimum atomic E-state index is -0.386. The van der Waals surface area contributed by atoms with E-state index in [2.05, 4.69) is 20.1 Å². The largest absolute Gasteiger partial charge is 0.351 e. The molecule has 0 saturated carbocycles. The van der Waals surface area contributed by atoms with Gasteiger partial charge in [-0.3, -0.25) is 19.8 Å². The topological polar surface area (TPSA) is 91.6 Å². The number of hydrogen-bond acceptors (Lipinski definition) is 7. The van der Waals surface area contributed by atoms with Crippen LogP contribution in [-0.2, 0) is 4.79 Å². The van der Waals surface area contributed by atoms with Gasteiger partial charge in [-0.25, -0.2) is 4.98 Å². The van der Waals surface area contributed by atoms with Crippen molar-refractivity contribution in [1.82, 2.24) is 15.2 Å². The number of aromatic nitrogens is 1. The van der Waals surface area contributed by atoms with E-state index in [-0.39, 0.29) is 16.5 Å². The van der Waals surface area contributed by atoms with Crippen LogP contribution in [0.4, 0.5) is 10.8 Å². The maximum absolute atomic E-state index is 12.0. The van der Waals surface area contributed by atoms with Crippen molar-refractivity contribution in [1.29, 1.82) is 0 Å². The number of halogens is 1. The van der Waals surface area contributed by atoms with Gasteiger partial charge < -0.3 is 10.2 Å². The lowest BCUT2D eigenvalue weighted by Gasteiger charge is -2.34. The number of thiazole rings is 1. The zero-order valence-corrected chi connectivity index (χ0v) is 18.8. The van der Waals surface area contributed by atoms with E-state index in [1.807, 2.05) is 18.2 Å². The fourth-order valence-corrected chi connectivity index (χ4v) is 4.73. The SMILES string of the molecule is O=C(/C=C/c1ccccc1Cl)NCCN1CCN(c2nc3ccc([N+](=O)[O-])cc3s2)CC1. The van der Waals surface area contributed by atoms with E-state index in [9.17, 15) is 14.9 Å². The summed E-state index contributed by atoms with van der Waals surface area (Å²) in [5.74, 6) is -0.146. The number of non-ortho nitro benzene ring substituents is 1. The van der Waals surface area contributed by atoms with Crippen molar-refractivity contribution < 1.29 is 9.72 Å². The van der Waals surface area contributed by atoms with Crippen LogP contribution in [0.15, 0.2) is 48.5 Å². The summed E-state index contributed by atoms with van der Waals surface area (Å²) in [4.78, 5) is 31.8. The number of amides is 1. The first kappa shape index (κ1) is 22.2. The maximum atomic E-state index is 12.0. The second-order valence-corrected chi connectivity index (χ2v) is 8.80. The number of carbonyl (C=O) groups is 1. The summed E-state index contributed by atoms with van der Waals surface area (Å²) in [6.07, 6.45) is 3.21. The molecule has 0 spiro atoms. The van der Waals surface area contributed by atoms with Crippen LogP contribution in [0.1, 0.15) is 5.56 Å². The van der Waals surface area contributed by atoms with Gasteiger partial charge in [0.15, 0.2) is 5.13 Å². The number of carbonyl (C=O) groups excluding carboxylic acids is 1. The van der Waals surface area contributed by atoms with Crippen LogP contribution in [0.25, 0.3) is 16.3 Å². The Balaban J connectivity index is 1.23. The van der Waals surface area contributed by atoms with Crippen LogP contribution in [0, 0.1) is 10.1 Å². The first-order valence-electron chi connectivity index (χ1n) is 10.2. The average Bonchev–Trinajstić information content (AvgIpc) is 3.22. The molecule has 1 aromatic heterocycles. The molecule has 1 N–H and O–H groups in total. The summed E-state index contributed by atoms with van der Waals surface area (Å²) in [5, 5.41) is 15.4. The third-order valence-corrected chi connectivity index (χ3v) is 6.68. The van der Waals surface area contributed by atoms with E-state index < -0.39 is 0 Å². The molecule has 0 aliphatic carbocycles. The molecule has 2 heterocycles. The normalized spacial score (nSPS) is 14.8. The van der Waals surface area contributed by atoms with Crippen molar-refractivity contribution in [2.75, 3.05) is 44.2 Å². The van der Waals surface area contributed by atoms with Crippen LogP contribution in [-0.4, -0.2) is 60.0 Å². The molecule has 1 aliphatic rings. The molecule has 1 aliphatic heterocycles. The monoisotopic (exact) mass is 471 g/mol. The predicted molar refractivity (Wildman–Crippen MR) is 128 cm³/mol. The molecule has 0 bridgehead atoms. The minimum absolute atomic E-state index is 0.0845. The van der Waals surface area contributed by atoms with Crippen LogP contribution in [0.2, 0.25) is 5.02 Å². The van der Waals surface area contributed by atoms with Gasteiger partial charge in [-0.1, -0.05) is 41.1 Å². The number of hydrogen-bond donors (Lipinski definition) is 1. The van der Waals surface area contributed by atoms with Crippen LogP contribution < -0.4 is 10.2 Å². The molecule has 0 unspecified atom stereocenters. The van der Waals surface area contributed by atoms with Crippen molar-refractivity contribution >= 4 is 56.0 Å². The fraction of sp³-hybridized carbons (Fsp3) is 0.273. The smallest absolute Gasteiger partial charge is 0.270 e. The van der Waals surface area contributed by atoms with Crippen LogP contribution in [0.5, 0.6) is 0 Å². The lowest BCUT2D eigenvalue weighted by molar-refractivity contribution is -0.384. The molecule has 32 heavy (non-hydrogen) atoms. The van der Waals surface area contributed by atoms with Crippen molar-refractivity contribution in [2.24, 2.45) is 0 Å². The van der Waals surface area contributed by atoms with Crippen LogP contribution in [0.3, 0.4) is 0 Å². The molecule has 0 atom stereocenters. The Morgan fingerprint density at radius 2 is 2.00 bits per heavy atom. The Labute approximate surface area is 194 Å².